The first-order valence-corrected chi connectivity index (χ1v) is 7.64. The zero-order chi connectivity index (χ0) is 15.8. The van der Waals surface area contributed by atoms with Gasteiger partial charge in [0.25, 0.3) is 0 Å². The van der Waals surface area contributed by atoms with Gasteiger partial charge in [-0.1, -0.05) is 36.4 Å². The summed E-state index contributed by atoms with van der Waals surface area (Å²) in [6.07, 6.45) is 2.68. The summed E-state index contributed by atoms with van der Waals surface area (Å²) in [6, 6.07) is 9.57. The van der Waals surface area contributed by atoms with E-state index >= 15 is 0 Å². The normalized spacial score (nSPS) is 18.1. The highest BCUT2D eigenvalue weighted by atomic mass is 16.2. The molecule has 2 amide bonds. The van der Waals surface area contributed by atoms with Crippen molar-refractivity contribution in [3.63, 3.8) is 0 Å². The molecular formula is C17H23N3O2. The fraction of sp³-hybridized carbons (Fsp3) is 0.412. The van der Waals surface area contributed by atoms with E-state index in [1.54, 1.807) is 11.0 Å². The molecule has 0 radical (unpaired) electrons. The van der Waals surface area contributed by atoms with E-state index in [2.05, 4.69) is 17.2 Å². The number of hydrogen-bond donors (Lipinski definition) is 2. The number of hydrogen-bond acceptors (Lipinski definition) is 3. The van der Waals surface area contributed by atoms with Gasteiger partial charge in [-0.2, -0.15) is 0 Å². The third kappa shape index (κ3) is 4.70. The first-order chi connectivity index (χ1) is 10.7. The van der Waals surface area contributed by atoms with Gasteiger partial charge >= 0.3 is 0 Å². The monoisotopic (exact) mass is 301 g/mol. The van der Waals surface area contributed by atoms with Crippen LogP contribution in [0.3, 0.4) is 0 Å². The van der Waals surface area contributed by atoms with Crippen LogP contribution in [0.5, 0.6) is 0 Å². The molecule has 0 bridgehead atoms. The molecule has 1 heterocycles. The number of amides is 2. The molecule has 2 N–H and O–H groups in total. The number of piperazine rings is 1. The minimum Gasteiger partial charge on any atom is -0.356 e. The van der Waals surface area contributed by atoms with Gasteiger partial charge < -0.3 is 15.5 Å². The van der Waals surface area contributed by atoms with Crippen molar-refractivity contribution >= 4 is 11.8 Å². The highest BCUT2D eigenvalue weighted by Crippen LogP contribution is 2.05. The molecule has 1 atom stereocenters. The summed E-state index contributed by atoms with van der Waals surface area (Å²) < 4.78 is 0. The van der Waals surface area contributed by atoms with Crippen LogP contribution in [0.15, 0.2) is 43.0 Å². The Balaban J connectivity index is 1.74. The molecule has 1 aromatic rings. The van der Waals surface area contributed by atoms with E-state index in [1.807, 2.05) is 30.3 Å². The van der Waals surface area contributed by atoms with Crippen molar-refractivity contribution in [3.05, 3.63) is 48.6 Å². The summed E-state index contributed by atoms with van der Waals surface area (Å²) in [5.74, 6) is -0.119. The van der Waals surface area contributed by atoms with E-state index in [0.29, 0.717) is 26.2 Å². The van der Waals surface area contributed by atoms with E-state index in [1.165, 1.54) is 5.56 Å². The Morgan fingerprint density at radius 3 is 2.91 bits per heavy atom. The fourth-order valence-electron chi connectivity index (χ4n) is 2.54. The lowest BCUT2D eigenvalue weighted by atomic mass is 10.1. The first-order valence-electron chi connectivity index (χ1n) is 7.64. The van der Waals surface area contributed by atoms with Crippen molar-refractivity contribution in [2.24, 2.45) is 0 Å². The molecule has 0 aliphatic carbocycles. The van der Waals surface area contributed by atoms with Crippen LogP contribution >= 0.6 is 0 Å². The molecule has 1 saturated heterocycles. The standard InChI is InChI=1S/C17H23N3O2/c1-2-11-20-12-10-18-15(17(20)22)13-16(21)19-9-8-14-6-4-3-5-7-14/h2-7,15,18H,1,8-13H2,(H,19,21). The molecule has 2 rings (SSSR count). The molecule has 5 heteroatoms. The van der Waals surface area contributed by atoms with Crippen LogP contribution < -0.4 is 10.6 Å². The van der Waals surface area contributed by atoms with Crippen LogP contribution in [-0.2, 0) is 16.0 Å². The third-order valence-corrected chi connectivity index (χ3v) is 3.70. The summed E-state index contributed by atoms with van der Waals surface area (Å²) in [7, 11) is 0. The van der Waals surface area contributed by atoms with Crippen molar-refractivity contribution in [3.8, 4) is 0 Å². The molecule has 22 heavy (non-hydrogen) atoms. The van der Waals surface area contributed by atoms with Crippen LogP contribution in [0.4, 0.5) is 0 Å². The number of nitrogens with zero attached hydrogens (tertiary/aromatic N) is 1. The highest BCUT2D eigenvalue weighted by Gasteiger charge is 2.29. The van der Waals surface area contributed by atoms with Gasteiger partial charge in [-0.05, 0) is 12.0 Å². The SMILES string of the molecule is C=CCN1CCNC(CC(=O)NCCc2ccccc2)C1=O. The number of benzene rings is 1. The maximum absolute atomic E-state index is 12.2. The molecular weight excluding hydrogens is 278 g/mol. The molecule has 1 aromatic carbocycles. The second-order valence-electron chi connectivity index (χ2n) is 5.37. The molecule has 1 aliphatic rings. The van der Waals surface area contributed by atoms with Crippen LogP contribution in [0.1, 0.15) is 12.0 Å². The average molecular weight is 301 g/mol. The molecule has 118 valence electrons. The topological polar surface area (TPSA) is 61.4 Å². The number of carbonyl (C=O) groups excluding carboxylic acids is 2. The quantitative estimate of drug-likeness (QED) is 0.730. The second-order valence-corrected chi connectivity index (χ2v) is 5.37. The average Bonchev–Trinajstić information content (AvgIpc) is 2.52. The molecule has 1 aliphatic heterocycles. The maximum Gasteiger partial charge on any atom is 0.240 e. The molecule has 0 aromatic heterocycles. The molecule has 1 fully saturated rings. The van der Waals surface area contributed by atoms with Gasteiger partial charge in [-0.25, -0.2) is 0 Å². The molecule has 5 nitrogen and oxygen atoms in total. The van der Waals surface area contributed by atoms with Crippen LogP contribution in [0, 0.1) is 0 Å². The molecule has 0 spiro atoms. The van der Waals surface area contributed by atoms with Gasteiger partial charge in [0, 0.05) is 26.2 Å². The van der Waals surface area contributed by atoms with Crippen LogP contribution in [0.25, 0.3) is 0 Å². The minimum atomic E-state index is -0.426. The largest absolute Gasteiger partial charge is 0.356 e. The molecule has 0 saturated carbocycles. The van der Waals surface area contributed by atoms with Gasteiger partial charge in [-0.3, -0.25) is 9.59 Å². The van der Waals surface area contributed by atoms with Crippen molar-refractivity contribution in [2.45, 2.75) is 18.9 Å². The lowest BCUT2D eigenvalue weighted by Crippen LogP contribution is -2.56. The minimum absolute atomic E-state index is 0.0237. The summed E-state index contributed by atoms with van der Waals surface area (Å²) in [5.41, 5.74) is 1.19. The predicted molar refractivity (Wildman–Crippen MR) is 86.3 cm³/mol. The summed E-state index contributed by atoms with van der Waals surface area (Å²) in [4.78, 5) is 25.9. The second kappa shape index (κ2) is 8.34. The summed E-state index contributed by atoms with van der Waals surface area (Å²) in [6.45, 7) is 6.14. The maximum atomic E-state index is 12.2. The van der Waals surface area contributed by atoms with Crippen molar-refractivity contribution in [1.29, 1.82) is 0 Å². The smallest absolute Gasteiger partial charge is 0.240 e. The van der Waals surface area contributed by atoms with Crippen molar-refractivity contribution in [1.82, 2.24) is 15.5 Å². The van der Waals surface area contributed by atoms with E-state index < -0.39 is 6.04 Å². The predicted octanol–water partition coefficient (Wildman–Crippen LogP) is 0.722. The first kappa shape index (κ1) is 16.2. The highest BCUT2D eigenvalue weighted by molar-refractivity contribution is 5.89. The van der Waals surface area contributed by atoms with Crippen LogP contribution in [0.2, 0.25) is 0 Å². The number of carbonyl (C=O) groups is 2. The van der Waals surface area contributed by atoms with E-state index in [4.69, 9.17) is 0 Å². The van der Waals surface area contributed by atoms with Crippen molar-refractivity contribution < 1.29 is 9.59 Å². The Kier molecular flexibility index (Phi) is 6.15. The Morgan fingerprint density at radius 1 is 1.41 bits per heavy atom. The van der Waals surface area contributed by atoms with Gasteiger partial charge in [-0.15, -0.1) is 6.58 Å². The lowest BCUT2D eigenvalue weighted by Gasteiger charge is -2.32. The Hall–Kier alpha value is -2.14. The lowest BCUT2D eigenvalue weighted by molar-refractivity contribution is -0.137. The van der Waals surface area contributed by atoms with Crippen molar-refractivity contribution in [2.75, 3.05) is 26.2 Å². The Morgan fingerprint density at radius 2 is 2.18 bits per heavy atom. The van der Waals surface area contributed by atoms with Gasteiger partial charge in [0.1, 0.15) is 0 Å². The van der Waals surface area contributed by atoms with Crippen LogP contribution in [-0.4, -0.2) is 48.9 Å². The van der Waals surface area contributed by atoms with Gasteiger partial charge in [0.15, 0.2) is 0 Å². The number of rotatable bonds is 7. The zero-order valence-electron chi connectivity index (χ0n) is 12.8. The van der Waals surface area contributed by atoms with Gasteiger partial charge in [0.2, 0.25) is 11.8 Å². The summed E-state index contributed by atoms with van der Waals surface area (Å²) >= 11 is 0. The number of nitrogens with one attached hydrogen (secondary N) is 2. The molecule has 1 unspecified atom stereocenters. The van der Waals surface area contributed by atoms with Gasteiger partial charge in [0.05, 0.1) is 12.5 Å². The Bertz CT molecular complexity index is 516. The van der Waals surface area contributed by atoms with E-state index in [-0.39, 0.29) is 18.2 Å². The Labute approximate surface area is 131 Å². The zero-order valence-corrected chi connectivity index (χ0v) is 12.8. The fourth-order valence-corrected chi connectivity index (χ4v) is 2.54. The van der Waals surface area contributed by atoms with E-state index in [9.17, 15) is 9.59 Å². The summed E-state index contributed by atoms with van der Waals surface area (Å²) in [5, 5.41) is 5.99. The third-order valence-electron chi connectivity index (χ3n) is 3.70. The van der Waals surface area contributed by atoms with E-state index in [0.717, 1.165) is 6.42 Å².